The van der Waals surface area contributed by atoms with Crippen LogP contribution in [0.5, 0.6) is 0 Å². The first-order valence-corrected chi connectivity index (χ1v) is 6.20. The summed E-state index contributed by atoms with van der Waals surface area (Å²) in [7, 11) is 0. The van der Waals surface area contributed by atoms with E-state index in [1.54, 1.807) is 0 Å². The molecule has 0 radical (unpaired) electrons. The number of nitrogens with zero attached hydrogens (tertiary/aromatic N) is 5. The Morgan fingerprint density at radius 3 is 3.24 bits per heavy atom. The van der Waals surface area contributed by atoms with Crippen molar-refractivity contribution in [3.8, 4) is 6.07 Å². The number of rotatable bonds is 5. The molecule has 2 bridgehead atoms. The topological polar surface area (TPSA) is 87.8 Å². The second-order valence-corrected chi connectivity index (χ2v) is 4.85. The van der Waals surface area contributed by atoms with Crippen molar-refractivity contribution in [2.45, 2.75) is 24.8 Å². The van der Waals surface area contributed by atoms with E-state index in [1.807, 2.05) is 0 Å². The first-order valence-electron chi connectivity index (χ1n) is 6.20. The van der Waals surface area contributed by atoms with Gasteiger partial charge in [-0.2, -0.15) is 5.26 Å². The maximum Gasteiger partial charge on any atom is 0.112 e. The van der Waals surface area contributed by atoms with Gasteiger partial charge in [-0.25, -0.2) is 0 Å². The van der Waals surface area contributed by atoms with E-state index in [4.69, 9.17) is 5.53 Å². The summed E-state index contributed by atoms with van der Waals surface area (Å²) in [5.74, 6) is 0.459. The fourth-order valence-corrected chi connectivity index (χ4v) is 2.90. The third kappa shape index (κ3) is 2.52. The highest BCUT2D eigenvalue weighted by molar-refractivity contribution is 5.15. The zero-order chi connectivity index (χ0) is 12.1. The first kappa shape index (κ1) is 12.2. The Labute approximate surface area is 101 Å². The van der Waals surface area contributed by atoms with Crippen LogP contribution in [0.25, 0.3) is 10.4 Å². The maximum absolute atomic E-state index is 9.45. The molecular weight excluding hydrogens is 216 g/mol. The molecule has 0 saturated carbocycles. The van der Waals surface area contributed by atoms with Crippen LogP contribution in [0.15, 0.2) is 5.11 Å². The molecule has 6 nitrogen and oxygen atoms in total. The van der Waals surface area contributed by atoms with Crippen molar-refractivity contribution in [3.05, 3.63) is 10.4 Å². The number of azide groups is 1. The SMILES string of the molecule is N#CC1(NCCCN=[N+]=[N-])CCN2CCC1C2. The fraction of sp³-hybridized carbons (Fsp3) is 0.909. The monoisotopic (exact) mass is 234 g/mol. The molecule has 2 rings (SSSR count). The summed E-state index contributed by atoms with van der Waals surface area (Å²) >= 11 is 0. The van der Waals surface area contributed by atoms with Gasteiger partial charge in [-0.3, -0.25) is 5.32 Å². The van der Waals surface area contributed by atoms with Crippen LogP contribution in [0.4, 0.5) is 0 Å². The van der Waals surface area contributed by atoms with Gasteiger partial charge in [0.25, 0.3) is 0 Å². The summed E-state index contributed by atoms with van der Waals surface area (Å²) in [6.07, 6.45) is 2.83. The van der Waals surface area contributed by atoms with Crippen molar-refractivity contribution < 1.29 is 0 Å². The number of nitriles is 1. The molecule has 2 aliphatic rings. The number of hydrogen-bond donors (Lipinski definition) is 1. The molecule has 2 heterocycles. The van der Waals surface area contributed by atoms with E-state index in [1.165, 1.54) is 0 Å². The van der Waals surface area contributed by atoms with E-state index in [-0.39, 0.29) is 5.54 Å². The van der Waals surface area contributed by atoms with E-state index < -0.39 is 0 Å². The number of fused-ring (bicyclic) bond motifs is 2. The average molecular weight is 234 g/mol. The largest absolute Gasteiger partial charge is 0.303 e. The summed E-state index contributed by atoms with van der Waals surface area (Å²) in [6, 6.07) is 2.49. The van der Waals surface area contributed by atoms with Gasteiger partial charge in [-0.1, -0.05) is 5.11 Å². The summed E-state index contributed by atoms with van der Waals surface area (Å²) in [5, 5.41) is 16.4. The van der Waals surface area contributed by atoms with Crippen molar-refractivity contribution in [1.82, 2.24) is 10.2 Å². The Morgan fingerprint density at radius 2 is 2.47 bits per heavy atom. The van der Waals surface area contributed by atoms with Gasteiger partial charge in [0.2, 0.25) is 0 Å². The minimum absolute atomic E-state index is 0.344. The zero-order valence-electron chi connectivity index (χ0n) is 9.97. The van der Waals surface area contributed by atoms with Gasteiger partial charge in [0.05, 0.1) is 6.07 Å². The second kappa shape index (κ2) is 5.37. The molecular formula is C11H18N6. The van der Waals surface area contributed by atoms with E-state index in [9.17, 15) is 5.26 Å². The quantitative estimate of drug-likeness (QED) is 0.336. The van der Waals surface area contributed by atoms with Gasteiger partial charge in [0, 0.05) is 30.5 Å². The van der Waals surface area contributed by atoms with Crippen LogP contribution in [0.3, 0.4) is 0 Å². The molecule has 2 saturated heterocycles. The van der Waals surface area contributed by atoms with Crippen LogP contribution in [0, 0.1) is 17.2 Å². The molecule has 0 aromatic rings. The lowest BCUT2D eigenvalue weighted by Gasteiger charge is -2.38. The molecule has 0 aliphatic carbocycles. The van der Waals surface area contributed by atoms with Crippen LogP contribution in [0.1, 0.15) is 19.3 Å². The highest BCUT2D eigenvalue weighted by atomic mass is 15.2. The third-order valence-electron chi connectivity index (χ3n) is 3.93. The lowest BCUT2D eigenvalue weighted by molar-refractivity contribution is 0.175. The smallest absolute Gasteiger partial charge is 0.112 e. The Bertz CT molecular complexity index is 355. The van der Waals surface area contributed by atoms with E-state index in [0.717, 1.165) is 45.4 Å². The highest BCUT2D eigenvalue weighted by Crippen LogP contribution is 2.35. The van der Waals surface area contributed by atoms with Crippen molar-refractivity contribution in [3.63, 3.8) is 0 Å². The first-order chi connectivity index (χ1) is 8.30. The highest BCUT2D eigenvalue weighted by Gasteiger charge is 2.46. The average Bonchev–Trinajstić information content (AvgIpc) is 2.77. The predicted molar refractivity (Wildman–Crippen MR) is 64.1 cm³/mol. The van der Waals surface area contributed by atoms with Crippen LogP contribution in [-0.2, 0) is 0 Å². The van der Waals surface area contributed by atoms with Gasteiger partial charge >= 0.3 is 0 Å². The molecule has 0 aromatic carbocycles. The Morgan fingerprint density at radius 1 is 1.59 bits per heavy atom. The second-order valence-electron chi connectivity index (χ2n) is 4.85. The van der Waals surface area contributed by atoms with Gasteiger partial charge in [0.1, 0.15) is 5.54 Å². The fourth-order valence-electron chi connectivity index (χ4n) is 2.90. The molecule has 0 spiro atoms. The summed E-state index contributed by atoms with van der Waals surface area (Å²) < 4.78 is 0. The lowest BCUT2D eigenvalue weighted by atomic mass is 9.80. The van der Waals surface area contributed by atoms with Crippen LogP contribution >= 0.6 is 0 Å². The molecule has 3 atom stereocenters. The minimum Gasteiger partial charge on any atom is -0.303 e. The predicted octanol–water partition coefficient (Wildman–Crippen LogP) is 1.26. The van der Waals surface area contributed by atoms with Gasteiger partial charge in [-0.05, 0) is 37.9 Å². The standard InChI is InChI=1S/C11H18N6/c12-9-11(14-4-1-5-15-16-13)3-7-17-6-2-10(11)8-17/h10,14H,1-8H2. The Kier molecular flexibility index (Phi) is 3.85. The van der Waals surface area contributed by atoms with Gasteiger partial charge < -0.3 is 4.90 Å². The molecule has 17 heavy (non-hydrogen) atoms. The molecule has 1 N–H and O–H groups in total. The normalized spacial score (nSPS) is 35.0. The van der Waals surface area contributed by atoms with Crippen LogP contribution in [-0.4, -0.2) is 43.2 Å². The molecule has 0 amide bonds. The van der Waals surface area contributed by atoms with Crippen molar-refractivity contribution in [2.24, 2.45) is 11.0 Å². The van der Waals surface area contributed by atoms with E-state index in [0.29, 0.717) is 12.5 Å². The molecule has 6 heteroatoms. The summed E-state index contributed by atoms with van der Waals surface area (Å²) in [6.45, 7) is 4.46. The van der Waals surface area contributed by atoms with E-state index >= 15 is 0 Å². The third-order valence-corrected chi connectivity index (χ3v) is 3.93. The molecule has 0 aromatic heterocycles. The van der Waals surface area contributed by atoms with Crippen LogP contribution < -0.4 is 5.32 Å². The van der Waals surface area contributed by atoms with Crippen molar-refractivity contribution in [2.75, 3.05) is 32.7 Å². The number of hydrogen-bond acceptors (Lipinski definition) is 4. The number of piperidine rings is 1. The Hall–Kier alpha value is -1.28. The van der Waals surface area contributed by atoms with Gasteiger partial charge in [0.15, 0.2) is 0 Å². The number of nitrogens with one attached hydrogen (secondary N) is 1. The molecule has 3 unspecified atom stereocenters. The van der Waals surface area contributed by atoms with E-state index in [2.05, 4.69) is 26.3 Å². The Balaban J connectivity index is 1.87. The maximum atomic E-state index is 9.45. The molecule has 92 valence electrons. The molecule has 2 fully saturated rings. The molecule has 2 aliphatic heterocycles. The van der Waals surface area contributed by atoms with Crippen molar-refractivity contribution in [1.29, 1.82) is 5.26 Å². The van der Waals surface area contributed by atoms with Crippen molar-refractivity contribution >= 4 is 0 Å². The van der Waals surface area contributed by atoms with Crippen LogP contribution in [0.2, 0.25) is 0 Å². The summed E-state index contributed by atoms with van der Waals surface area (Å²) in [5.41, 5.74) is 7.83. The zero-order valence-corrected chi connectivity index (χ0v) is 9.97. The summed E-state index contributed by atoms with van der Waals surface area (Å²) in [4.78, 5) is 5.15. The van der Waals surface area contributed by atoms with Gasteiger partial charge in [-0.15, -0.1) is 0 Å². The minimum atomic E-state index is -0.344. The lowest BCUT2D eigenvalue weighted by Crippen LogP contribution is -2.55.